The Morgan fingerprint density at radius 1 is 0.308 bits per heavy atom. The fourth-order valence-corrected chi connectivity index (χ4v) is 10.0. The second-order valence-corrected chi connectivity index (χ2v) is 16.9. The van der Waals surface area contributed by atoms with E-state index in [1.807, 2.05) is 6.07 Å². The largest absolute Gasteiger partial charge is 0.455 e. The Balaban J connectivity index is 0.886. The molecule has 0 atom stereocenters. The Hall–Kier alpha value is -8.66. The molecular formula is C62H40N2O. The summed E-state index contributed by atoms with van der Waals surface area (Å²) in [6.07, 6.45) is 0. The van der Waals surface area contributed by atoms with Crippen LogP contribution in [-0.2, 0) is 0 Å². The Morgan fingerprint density at radius 2 is 0.862 bits per heavy atom. The molecule has 0 fully saturated rings. The standard InChI is InChI=1S/C62H40N2O/c1-2-12-43(13-3-1)54-20-11-21-57-58-40-46(30-37-61(58)65-62(54)57)42-28-33-49(34-29-42)63(51-35-36-53-47(39-51)25-24-44-14-4-5-17-52(44)53)48-31-26-41(27-32-48)45-15-10-16-50(38-45)64-59-22-8-6-18-55(59)56-19-7-9-23-60(56)64/h1-40H. The van der Waals surface area contributed by atoms with Crippen molar-refractivity contribution in [3.63, 3.8) is 0 Å². The first-order valence-corrected chi connectivity index (χ1v) is 22.2. The minimum Gasteiger partial charge on any atom is -0.455 e. The van der Waals surface area contributed by atoms with E-state index in [1.165, 1.54) is 48.9 Å². The normalized spacial score (nSPS) is 11.7. The van der Waals surface area contributed by atoms with Crippen molar-refractivity contribution in [1.82, 2.24) is 4.57 Å². The van der Waals surface area contributed by atoms with Crippen LogP contribution >= 0.6 is 0 Å². The zero-order valence-corrected chi connectivity index (χ0v) is 35.4. The molecule has 3 nitrogen and oxygen atoms in total. The zero-order chi connectivity index (χ0) is 42.8. The zero-order valence-electron chi connectivity index (χ0n) is 35.4. The maximum atomic E-state index is 6.51. The molecular weight excluding hydrogens is 789 g/mol. The number of para-hydroxylation sites is 3. The number of benzene rings is 11. The lowest BCUT2D eigenvalue weighted by Gasteiger charge is -2.26. The predicted molar refractivity (Wildman–Crippen MR) is 274 cm³/mol. The van der Waals surface area contributed by atoms with E-state index >= 15 is 0 Å². The molecule has 0 aliphatic carbocycles. The van der Waals surface area contributed by atoms with Gasteiger partial charge in [0.1, 0.15) is 11.2 Å². The van der Waals surface area contributed by atoms with Gasteiger partial charge in [0.2, 0.25) is 0 Å². The van der Waals surface area contributed by atoms with Crippen molar-refractivity contribution in [3.05, 3.63) is 243 Å². The first kappa shape index (κ1) is 36.9. The van der Waals surface area contributed by atoms with Gasteiger partial charge in [-0.05, 0) is 122 Å². The first-order chi connectivity index (χ1) is 32.2. The first-order valence-electron chi connectivity index (χ1n) is 22.2. The summed E-state index contributed by atoms with van der Waals surface area (Å²) >= 11 is 0. The summed E-state index contributed by atoms with van der Waals surface area (Å²) in [6, 6.07) is 87.7. The molecule has 304 valence electrons. The lowest BCUT2D eigenvalue weighted by Crippen LogP contribution is -2.09. The summed E-state index contributed by atoms with van der Waals surface area (Å²) in [5, 5.41) is 9.73. The third-order valence-electron chi connectivity index (χ3n) is 13.2. The van der Waals surface area contributed by atoms with E-state index in [4.69, 9.17) is 4.42 Å². The number of fused-ring (bicyclic) bond motifs is 9. The van der Waals surface area contributed by atoms with Crippen LogP contribution < -0.4 is 4.90 Å². The van der Waals surface area contributed by atoms with E-state index in [2.05, 4.69) is 246 Å². The highest BCUT2D eigenvalue weighted by Crippen LogP contribution is 2.42. The van der Waals surface area contributed by atoms with Gasteiger partial charge >= 0.3 is 0 Å². The third kappa shape index (κ3) is 6.20. The Kier molecular flexibility index (Phi) is 8.53. The van der Waals surface area contributed by atoms with Crippen LogP contribution in [0.2, 0.25) is 0 Å². The SMILES string of the molecule is c1ccc(-c2cccc3c2oc2ccc(-c4ccc(N(c5ccc(-c6cccc(-n7c8ccccc8c8ccccc87)c6)cc5)c5ccc6c(ccc7ccccc76)c5)cc4)cc23)cc1. The van der Waals surface area contributed by atoms with Gasteiger partial charge in [0, 0.05) is 49.9 Å². The van der Waals surface area contributed by atoms with Crippen LogP contribution in [-0.4, -0.2) is 4.57 Å². The molecule has 13 rings (SSSR count). The third-order valence-corrected chi connectivity index (χ3v) is 13.2. The number of furan rings is 1. The van der Waals surface area contributed by atoms with E-state index in [-0.39, 0.29) is 0 Å². The van der Waals surface area contributed by atoms with Crippen LogP contribution in [0.1, 0.15) is 0 Å². The van der Waals surface area contributed by atoms with Crippen molar-refractivity contribution in [3.8, 4) is 39.1 Å². The molecule has 3 heteroatoms. The van der Waals surface area contributed by atoms with E-state index in [1.54, 1.807) is 0 Å². The van der Waals surface area contributed by atoms with Crippen molar-refractivity contribution in [2.75, 3.05) is 4.90 Å². The van der Waals surface area contributed by atoms with Crippen LogP contribution in [0.3, 0.4) is 0 Å². The van der Waals surface area contributed by atoms with E-state index in [0.29, 0.717) is 0 Å². The second kappa shape index (κ2) is 15.0. The summed E-state index contributed by atoms with van der Waals surface area (Å²) in [6.45, 7) is 0. The molecule has 0 radical (unpaired) electrons. The summed E-state index contributed by atoms with van der Waals surface area (Å²) in [7, 11) is 0. The van der Waals surface area contributed by atoms with Crippen LogP contribution in [0.4, 0.5) is 17.1 Å². The maximum absolute atomic E-state index is 6.51. The van der Waals surface area contributed by atoms with Crippen LogP contribution in [0, 0.1) is 0 Å². The fourth-order valence-electron chi connectivity index (χ4n) is 10.0. The molecule has 0 amide bonds. The molecule has 0 N–H and O–H groups in total. The molecule has 0 saturated heterocycles. The van der Waals surface area contributed by atoms with Crippen LogP contribution in [0.5, 0.6) is 0 Å². The summed E-state index contributed by atoms with van der Waals surface area (Å²) in [5.41, 5.74) is 15.5. The molecule has 0 bridgehead atoms. The Bertz CT molecular complexity index is 3880. The second-order valence-electron chi connectivity index (χ2n) is 16.9. The van der Waals surface area contributed by atoms with Gasteiger partial charge in [-0.2, -0.15) is 0 Å². The Labute approximate surface area is 376 Å². The van der Waals surface area contributed by atoms with Gasteiger partial charge in [-0.3, -0.25) is 0 Å². The van der Waals surface area contributed by atoms with E-state index in [9.17, 15) is 0 Å². The quantitative estimate of drug-likeness (QED) is 0.149. The van der Waals surface area contributed by atoms with Crippen molar-refractivity contribution in [2.45, 2.75) is 0 Å². The topological polar surface area (TPSA) is 21.3 Å². The number of anilines is 3. The molecule has 2 aromatic heterocycles. The van der Waals surface area contributed by atoms with Gasteiger partial charge < -0.3 is 13.9 Å². The molecule has 13 aromatic rings. The van der Waals surface area contributed by atoms with Crippen molar-refractivity contribution in [1.29, 1.82) is 0 Å². The van der Waals surface area contributed by atoms with Gasteiger partial charge in [-0.1, -0.05) is 170 Å². The lowest BCUT2D eigenvalue weighted by atomic mass is 9.99. The lowest BCUT2D eigenvalue weighted by molar-refractivity contribution is 0.670. The Morgan fingerprint density at radius 3 is 1.60 bits per heavy atom. The molecule has 11 aromatic carbocycles. The predicted octanol–water partition coefficient (Wildman–Crippen LogP) is 17.5. The number of hydrogen-bond acceptors (Lipinski definition) is 2. The highest BCUT2D eigenvalue weighted by molar-refractivity contribution is 6.12. The monoisotopic (exact) mass is 828 g/mol. The average Bonchev–Trinajstić information content (AvgIpc) is 3.93. The van der Waals surface area contributed by atoms with Crippen molar-refractivity contribution >= 4 is 82.4 Å². The minimum atomic E-state index is 0.890. The average molecular weight is 829 g/mol. The summed E-state index contributed by atoms with van der Waals surface area (Å²) in [4.78, 5) is 2.37. The van der Waals surface area contributed by atoms with Crippen LogP contribution in [0.25, 0.3) is 104 Å². The highest BCUT2D eigenvalue weighted by Gasteiger charge is 2.18. The van der Waals surface area contributed by atoms with E-state index in [0.717, 1.165) is 72.5 Å². The molecule has 2 heterocycles. The molecule has 65 heavy (non-hydrogen) atoms. The molecule has 0 saturated carbocycles. The van der Waals surface area contributed by atoms with Gasteiger partial charge in [-0.15, -0.1) is 0 Å². The van der Waals surface area contributed by atoms with Gasteiger partial charge in [-0.25, -0.2) is 0 Å². The molecule has 0 unspecified atom stereocenters. The smallest absolute Gasteiger partial charge is 0.143 e. The molecule has 0 aliphatic heterocycles. The number of hydrogen-bond donors (Lipinski definition) is 0. The number of aromatic nitrogens is 1. The van der Waals surface area contributed by atoms with Gasteiger partial charge in [0.25, 0.3) is 0 Å². The van der Waals surface area contributed by atoms with Gasteiger partial charge in [0.15, 0.2) is 0 Å². The highest BCUT2D eigenvalue weighted by atomic mass is 16.3. The van der Waals surface area contributed by atoms with Crippen LogP contribution in [0.15, 0.2) is 247 Å². The fraction of sp³-hybridized carbons (Fsp3) is 0. The summed E-state index contributed by atoms with van der Waals surface area (Å²) < 4.78 is 8.90. The molecule has 0 aliphatic rings. The van der Waals surface area contributed by atoms with E-state index < -0.39 is 0 Å². The van der Waals surface area contributed by atoms with Crippen molar-refractivity contribution in [2.24, 2.45) is 0 Å². The molecule has 0 spiro atoms. The number of rotatable bonds is 7. The number of nitrogens with zero attached hydrogens (tertiary/aromatic N) is 2. The summed E-state index contributed by atoms with van der Waals surface area (Å²) in [5.74, 6) is 0. The minimum absolute atomic E-state index is 0.890. The van der Waals surface area contributed by atoms with Crippen molar-refractivity contribution < 1.29 is 4.42 Å². The van der Waals surface area contributed by atoms with Gasteiger partial charge in [0.05, 0.1) is 11.0 Å². The maximum Gasteiger partial charge on any atom is 0.143 e.